The number of benzene rings is 2. The molecule has 2 aromatic heterocycles. The number of pyridine rings is 1. The van der Waals surface area contributed by atoms with E-state index < -0.39 is 5.25 Å². The summed E-state index contributed by atoms with van der Waals surface area (Å²) in [6.07, 6.45) is 1.71. The van der Waals surface area contributed by atoms with E-state index in [-0.39, 0.29) is 5.91 Å². The molecule has 0 radical (unpaired) electrons. The number of thioether (sulfide) groups is 1. The van der Waals surface area contributed by atoms with Crippen LogP contribution in [0.15, 0.2) is 78.1 Å². The molecule has 0 fully saturated rings. The molecule has 162 valence electrons. The van der Waals surface area contributed by atoms with Crippen molar-refractivity contribution in [3.63, 3.8) is 0 Å². The van der Waals surface area contributed by atoms with Crippen molar-refractivity contribution in [2.75, 3.05) is 12.4 Å². The van der Waals surface area contributed by atoms with Gasteiger partial charge in [0, 0.05) is 18.0 Å². The normalized spacial score (nSPS) is 11.7. The number of para-hydroxylation sites is 1. The van der Waals surface area contributed by atoms with Gasteiger partial charge in [0.2, 0.25) is 5.91 Å². The Hall–Kier alpha value is -3.65. The Bertz CT molecular complexity index is 1230. The highest BCUT2D eigenvalue weighted by Crippen LogP contribution is 2.31. The van der Waals surface area contributed by atoms with Crippen LogP contribution in [0.3, 0.4) is 0 Å². The van der Waals surface area contributed by atoms with E-state index >= 15 is 0 Å². The molecule has 0 bridgehead atoms. The topological polar surface area (TPSA) is 81.9 Å². The van der Waals surface area contributed by atoms with Gasteiger partial charge in [-0.15, -0.1) is 10.2 Å². The molecular formula is C24H23N5O2S. The zero-order chi connectivity index (χ0) is 22.5. The van der Waals surface area contributed by atoms with Crippen molar-refractivity contribution in [2.24, 2.45) is 0 Å². The minimum absolute atomic E-state index is 0.108. The van der Waals surface area contributed by atoms with Gasteiger partial charge in [-0.3, -0.25) is 14.3 Å². The Labute approximate surface area is 190 Å². The average molecular weight is 446 g/mol. The Morgan fingerprint density at radius 3 is 2.62 bits per heavy atom. The van der Waals surface area contributed by atoms with Gasteiger partial charge in [0.15, 0.2) is 11.0 Å². The van der Waals surface area contributed by atoms with E-state index in [0.717, 1.165) is 16.9 Å². The van der Waals surface area contributed by atoms with E-state index in [9.17, 15) is 4.79 Å². The van der Waals surface area contributed by atoms with E-state index in [1.165, 1.54) is 11.8 Å². The zero-order valence-electron chi connectivity index (χ0n) is 18.0. The zero-order valence-corrected chi connectivity index (χ0v) is 18.8. The lowest BCUT2D eigenvalue weighted by molar-refractivity contribution is -0.115. The number of amides is 1. The quantitative estimate of drug-likeness (QED) is 0.413. The number of nitrogens with one attached hydrogen (secondary N) is 1. The molecule has 32 heavy (non-hydrogen) atoms. The maximum atomic E-state index is 12.9. The van der Waals surface area contributed by atoms with Gasteiger partial charge in [0.1, 0.15) is 11.4 Å². The number of nitrogens with zero attached hydrogens (tertiary/aromatic N) is 4. The fraction of sp³-hybridized carbons (Fsp3) is 0.167. The summed E-state index contributed by atoms with van der Waals surface area (Å²) in [4.78, 5) is 17.3. The monoisotopic (exact) mass is 445 g/mol. The highest BCUT2D eigenvalue weighted by Gasteiger charge is 2.23. The smallest absolute Gasteiger partial charge is 0.237 e. The van der Waals surface area contributed by atoms with Crippen molar-refractivity contribution in [1.29, 1.82) is 0 Å². The van der Waals surface area contributed by atoms with Gasteiger partial charge >= 0.3 is 0 Å². The van der Waals surface area contributed by atoms with Crippen molar-refractivity contribution < 1.29 is 9.53 Å². The van der Waals surface area contributed by atoms with Crippen LogP contribution in [0.2, 0.25) is 0 Å². The molecule has 7 nitrogen and oxygen atoms in total. The third-order valence-electron chi connectivity index (χ3n) is 4.89. The van der Waals surface area contributed by atoms with Crippen molar-refractivity contribution in [3.8, 4) is 23.0 Å². The second kappa shape index (κ2) is 9.65. The van der Waals surface area contributed by atoms with Crippen LogP contribution in [0.4, 0.5) is 5.69 Å². The maximum absolute atomic E-state index is 12.9. The number of hydrogen-bond acceptors (Lipinski definition) is 6. The summed E-state index contributed by atoms with van der Waals surface area (Å²) in [5, 5.41) is 12.0. The van der Waals surface area contributed by atoms with Gasteiger partial charge < -0.3 is 10.1 Å². The number of hydrogen-bond donors (Lipinski definition) is 1. The lowest BCUT2D eigenvalue weighted by atomic mass is 10.2. The average Bonchev–Trinajstić information content (AvgIpc) is 3.24. The predicted molar refractivity (Wildman–Crippen MR) is 126 cm³/mol. The van der Waals surface area contributed by atoms with Crippen molar-refractivity contribution >= 4 is 23.4 Å². The Kier molecular flexibility index (Phi) is 6.51. The SMILES string of the molecule is COc1cccc(-n2c(S[C@H](C)C(=O)Nc3ccccc3C)nnc2-c2ccccn2)c1. The van der Waals surface area contributed by atoms with Crippen LogP contribution >= 0.6 is 11.8 Å². The van der Waals surface area contributed by atoms with E-state index in [0.29, 0.717) is 22.4 Å². The molecule has 2 heterocycles. The van der Waals surface area contributed by atoms with E-state index in [1.54, 1.807) is 13.3 Å². The number of aryl methyl sites for hydroxylation is 1. The van der Waals surface area contributed by atoms with Crippen LogP contribution in [0.5, 0.6) is 5.75 Å². The van der Waals surface area contributed by atoms with Crippen LogP contribution < -0.4 is 10.1 Å². The van der Waals surface area contributed by atoms with Crippen molar-refractivity contribution in [2.45, 2.75) is 24.3 Å². The number of methoxy groups -OCH3 is 1. The van der Waals surface area contributed by atoms with Crippen LogP contribution in [0.25, 0.3) is 17.2 Å². The molecule has 1 atom stereocenters. The lowest BCUT2D eigenvalue weighted by Gasteiger charge is -2.15. The van der Waals surface area contributed by atoms with Gasteiger partial charge in [-0.1, -0.05) is 42.1 Å². The van der Waals surface area contributed by atoms with Crippen LogP contribution in [-0.4, -0.2) is 38.0 Å². The van der Waals surface area contributed by atoms with Gasteiger partial charge in [0.25, 0.3) is 0 Å². The van der Waals surface area contributed by atoms with E-state index in [2.05, 4.69) is 20.5 Å². The standard InChI is InChI=1S/C24H23N5O2S/c1-16-9-4-5-12-20(16)26-23(30)17(2)32-24-28-27-22(21-13-6-7-14-25-21)29(24)18-10-8-11-19(15-18)31-3/h4-15,17H,1-3H3,(H,26,30)/t17-/m1/s1. The first-order valence-electron chi connectivity index (χ1n) is 10.1. The lowest BCUT2D eigenvalue weighted by Crippen LogP contribution is -2.23. The maximum Gasteiger partial charge on any atom is 0.237 e. The largest absolute Gasteiger partial charge is 0.497 e. The second-order valence-corrected chi connectivity index (χ2v) is 8.43. The Morgan fingerprint density at radius 1 is 1.06 bits per heavy atom. The summed E-state index contributed by atoms with van der Waals surface area (Å²) in [6.45, 7) is 3.81. The van der Waals surface area contributed by atoms with Crippen LogP contribution in [0, 0.1) is 6.92 Å². The highest BCUT2D eigenvalue weighted by molar-refractivity contribution is 8.00. The molecule has 0 aliphatic heterocycles. The predicted octanol–water partition coefficient (Wildman–Crippen LogP) is 4.77. The minimum Gasteiger partial charge on any atom is -0.497 e. The van der Waals surface area contributed by atoms with Gasteiger partial charge in [-0.25, -0.2) is 0 Å². The van der Waals surface area contributed by atoms with Gasteiger partial charge in [0.05, 0.1) is 18.0 Å². The molecule has 0 spiro atoms. The minimum atomic E-state index is -0.403. The third-order valence-corrected chi connectivity index (χ3v) is 5.94. The molecule has 0 aliphatic carbocycles. The number of carbonyl (C=O) groups excluding carboxylic acids is 1. The summed E-state index contributed by atoms with van der Waals surface area (Å²) in [5.41, 5.74) is 3.32. The number of carbonyl (C=O) groups is 1. The Balaban J connectivity index is 1.67. The molecule has 2 aromatic carbocycles. The highest BCUT2D eigenvalue weighted by atomic mass is 32.2. The molecule has 1 amide bonds. The van der Waals surface area contributed by atoms with Gasteiger partial charge in [-0.05, 0) is 49.7 Å². The third kappa shape index (κ3) is 4.65. The number of aromatic nitrogens is 4. The number of anilines is 1. The first kappa shape index (κ1) is 21.6. The van der Waals surface area contributed by atoms with E-state index in [4.69, 9.17) is 4.74 Å². The molecule has 0 unspecified atom stereocenters. The summed E-state index contributed by atoms with van der Waals surface area (Å²) in [6, 6.07) is 21.0. The molecule has 4 aromatic rings. The molecule has 0 saturated carbocycles. The van der Waals surface area contributed by atoms with E-state index in [1.807, 2.05) is 85.1 Å². The molecule has 1 N–H and O–H groups in total. The first-order chi connectivity index (χ1) is 15.6. The molecule has 0 saturated heterocycles. The molecule has 8 heteroatoms. The molecule has 4 rings (SSSR count). The Morgan fingerprint density at radius 2 is 1.88 bits per heavy atom. The fourth-order valence-corrected chi connectivity index (χ4v) is 4.02. The molecular weight excluding hydrogens is 422 g/mol. The van der Waals surface area contributed by atoms with Crippen LogP contribution in [0.1, 0.15) is 12.5 Å². The molecule has 0 aliphatic rings. The fourth-order valence-electron chi connectivity index (χ4n) is 3.15. The summed E-state index contributed by atoms with van der Waals surface area (Å²) in [7, 11) is 1.62. The summed E-state index contributed by atoms with van der Waals surface area (Å²) >= 11 is 1.34. The number of rotatable bonds is 7. The van der Waals surface area contributed by atoms with Gasteiger partial charge in [-0.2, -0.15) is 0 Å². The second-order valence-electron chi connectivity index (χ2n) is 7.12. The van der Waals surface area contributed by atoms with Crippen molar-refractivity contribution in [3.05, 3.63) is 78.5 Å². The number of ether oxygens (including phenoxy) is 1. The summed E-state index contributed by atoms with van der Waals surface area (Å²) < 4.78 is 7.29. The van der Waals surface area contributed by atoms with Crippen molar-refractivity contribution in [1.82, 2.24) is 19.7 Å². The van der Waals surface area contributed by atoms with Crippen LogP contribution in [-0.2, 0) is 4.79 Å². The summed E-state index contributed by atoms with van der Waals surface area (Å²) in [5.74, 6) is 1.20. The first-order valence-corrected chi connectivity index (χ1v) is 11.0.